The fourth-order valence-corrected chi connectivity index (χ4v) is 3.33. The highest BCUT2D eigenvalue weighted by atomic mass is 19.4. The molecule has 0 N–H and O–H groups in total. The lowest BCUT2D eigenvalue weighted by Crippen LogP contribution is -2.33. The summed E-state index contributed by atoms with van der Waals surface area (Å²) in [5.74, 6) is 0.306. The lowest BCUT2D eigenvalue weighted by atomic mass is 9.91. The van der Waals surface area contributed by atoms with Crippen LogP contribution in [0, 0.1) is 10.1 Å². The summed E-state index contributed by atoms with van der Waals surface area (Å²) in [5, 5.41) is 15.5. The van der Waals surface area contributed by atoms with Gasteiger partial charge in [0.25, 0.3) is 5.69 Å². The van der Waals surface area contributed by atoms with Gasteiger partial charge in [0, 0.05) is 31.9 Å². The summed E-state index contributed by atoms with van der Waals surface area (Å²) in [6.07, 6.45) is 0.780. The summed E-state index contributed by atoms with van der Waals surface area (Å²) < 4.78 is 40.3. The molecule has 1 aliphatic heterocycles. The number of aryl methyl sites for hydroxylation is 1. The van der Waals surface area contributed by atoms with Gasteiger partial charge in [-0.2, -0.15) is 18.3 Å². The summed E-state index contributed by atoms with van der Waals surface area (Å²) in [5.41, 5.74) is -0.133. The number of nitro benzene ring substituents is 1. The highest BCUT2D eigenvalue weighted by molar-refractivity contribution is 5.65. The maximum atomic E-state index is 12.8. The van der Waals surface area contributed by atoms with E-state index in [0.29, 0.717) is 25.1 Å². The van der Waals surface area contributed by atoms with Crippen LogP contribution in [0.4, 0.5) is 24.5 Å². The molecule has 1 saturated heterocycles. The Kier molecular flexibility index (Phi) is 4.88. The number of alkyl halides is 3. The van der Waals surface area contributed by atoms with Gasteiger partial charge in [-0.15, -0.1) is 0 Å². The van der Waals surface area contributed by atoms with Crippen molar-refractivity contribution in [2.75, 3.05) is 18.0 Å². The van der Waals surface area contributed by atoms with E-state index in [9.17, 15) is 23.3 Å². The largest absolute Gasteiger partial charge is 0.416 e. The Bertz CT molecular complexity index is 796. The zero-order valence-electron chi connectivity index (χ0n) is 14.2. The highest BCUT2D eigenvalue weighted by Gasteiger charge is 2.34. The van der Waals surface area contributed by atoms with E-state index in [1.54, 1.807) is 4.90 Å². The number of anilines is 1. The first-order chi connectivity index (χ1) is 12.3. The van der Waals surface area contributed by atoms with E-state index in [0.717, 1.165) is 31.0 Å². The van der Waals surface area contributed by atoms with Crippen molar-refractivity contribution in [2.24, 2.45) is 0 Å². The summed E-state index contributed by atoms with van der Waals surface area (Å²) in [7, 11) is 0. The van der Waals surface area contributed by atoms with E-state index >= 15 is 0 Å². The molecule has 6 nitrogen and oxygen atoms in total. The second-order valence-corrected chi connectivity index (χ2v) is 6.35. The quantitative estimate of drug-likeness (QED) is 0.599. The van der Waals surface area contributed by atoms with E-state index in [2.05, 4.69) is 5.10 Å². The Morgan fingerprint density at radius 1 is 1.31 bits per heavy atom. The molecule has 0 saturated carbocycles. The summed E-state index contributed by atoms with van der Waals surface area (Å²) in [6, 6.07) is 2.73. The Hall–Kier alpha value is -2.58. The summed E-state index contributed by atoms with van der Waals surface area (Å²) in [4.78, 5) is 12.3. The average Bonchev–Trinajstić information content (AvgIpc) is 3.10. The van der Waals surface area contributed by atoms with Crippen molar-refractivity contribution in [3.8, 4) is 0 Å². The van der Waals surface area contributed by atoms with Crippen LogP contribution in [-0.4, -0.2) is 27.8 Å². The van der Waals surface area contributed by atoms with Crippen LogP contribution >= 0.6 is 0 Å². The van der Waals surface area contributed by atoms with Crippen molar-refractivity contribution in [3.63, 3.8) is 0 Å². The molecule has 0 spiro atoms. The average molecular weight is 368 g/mol. The first kappa shape index (κ1) is 18.2. The monoisotopic (exact) mass is 368 g/mol. The predicted molar refractivity (Wildman–Crippen MR) is 90.2 cm³/mol. The van der Waals surface area contributed by atoms with Crippen molar-refractivity contribution in [2.45, 2.75) is 38.4 Å². The van der Waals surface area contributed by atoms with Crippen LogP contribution in [0.3, 0.4) is 0 Å². The molecule has 9 heteroatoms. The topological polar surface area (TPSA) is 64.2 Å². The van der Waals surface area contributed by atoms with Gasteiger partial charge >= 0.3 is 6.18 Å². The summed E-state index contributed by atoms with van der Waals surface area (Å²) >= 11 is 0. The van der Waals surface area contributed by atoms with Crippen LogP contribution in [0.2, 0.25) is 0 Å². The Labute approximate surface area is 148 Å². The first-order valence-electron chi connectivity index (χ1n) is 8.42. The molecule has 140 valence electrons. The van der Waals surface area contributed by atoms with Crippen molar-refractivity contribution in [1.82, 2.24) is 9.78 Å². The fourth-order valence-electron chi connectivity index (χ4n) is 3.33. The second-order valence-electron chi connectivity index (χ2n) is 6.35. The van der Waals surface area contributed by atoms with Gasteiger partial charge in [0.1, 0.15) is 5.69 Å². The van der Waals surface area contributed by atoms with Gasteiger partial charge in [-0.1, -0.05) is 0 Å². The molecule has 0 unspecified atom stereocenters. The molecule has 1 aromatic carbocycles. The molecule has 3 rings (SSSR count). The van der Waals surface area contributed by atoms with E-state index in [-0.39, 0.29) is 5.69 Å². The molecule has 2 heterocycles. The third-order valence-electron chi connectivity index (χ3n) is 4.78. The minimum Gasteiger partial charge on any atom is -0.366 e. The standard InChI is InChI=1S/C17H19F3N4O2/c1-2-23-11-13(10-21-23)12-5-7-22(8-6-12)15-4-3-14(17(18,19)20)9-16(15)24(25)26/h3-4,9-12H,2,5-8H2,1H3. The number of piperidine rings is 1. The van der Waals surface area contributed by atoms with Crippen LogP contribution in [0.15, 0.2) is 30.6 Å². The lowest BCUT2D eigenvalue weighted by Gasteiger charge is -2.33. The van der Waals surface area contributed by atoms with Crippen molar-refractivity contribution in [3.05, 3.63) is 51.8 Å². The zero-order chi connectivity index (χ0) is 18.9. The van der Waals surface area contributed by atoms with Crippen LogP contribution in [-0.2, 0) is 12.7 Å². The van der Waals surface area contributed by atoms with Crippen LogP contribution in [0.25, 0.3) is 0 Å². The molecular weight excluding hydrogens is 349 g/mol. The van der Waals surface area contributed by atoms with Gasteiger partial charge in [-0.05, 0) is 43.4 Å². The third-order valence-corrected chi connectivity index (χ3v) is 4.78. The van der Waals surface area contributed by atoms with Gasteiger partial charge in [-0.25, -0.2) is 0 Å². The normalized spacial score (nSPS) is 16.1. The Morgan fingerprint density at radius 2 is 2.00 bits per heavy atom. The number of hydrogen-bond acceptors (Lipinski definition) is 4. The minimum atomic E-state index is -4.60. The number of nitrogens with zero attached hydrogens (tertiary/aromatic N) is 4. The Morgan fingerprint density at radius 3 is 2.54 bits per heavy atom. The number of benzene rings is 1. The van der Waals surface area contributed by atoms with Gasteiger partial charge in [-0.3, -0.25) is 14.8 Å². The molecule has 0 amide bonds. The minimum absolute atomic E-state index is 0.241. The first-order valence-corrected chi connectivity index (χ1v) is 8.42. The van der Waals surface area contributed by atoms with E-state index in [1.165, 1.54) is 6.07 Å². The number of nitro groups is 1. The molecule has 26 heavy (non-hydrogen) atoms. The molecule has 2 aromatic rings. The van der Waals surface area contributed by atoms with Crippen molar-refractivity contribution in [1.29, 1.82) is 0 Å². The van der Waals surface area contributed by atoms with Crippen molar-refractivity contribution < 1.29 is 18.1 Å². The van der Waals surface area contributed by atoms with Gasteiger partial charge in [0.2, 0.25) is 0 Å². The van der Waals surface area contributed by atoms with E-state index < -0.39 is 22.4 Å². The SMILES string of the molecule is CCn1cc(C2CCN(c3ccc(C(F)(F)F)cc3[N+](=O)[O-])CC2)cn1. The predicted octanol–water partition coefficient (Wildman–Crippen LogP) is 4.21. The van der Waals surface area contributed by atoms with Gasteiger partial charge in [0.15, 0.2) is 0 Å². The van der Waals surface area contributed by atoms with Crippen molar-refractivity contribution >= 4 is 11.4 Å². The maximum Gasteiger partial charge on any atom is 0.416 e. The van der Waals surface area contributed by atoms with E-state index in [1.807, 2.05) is 24.0 Å². The van der Waals surface area contributed by atoms with E-state index in [4.69, 9.17) is 0 Å². The highest BCUT2D eigenvalue weighted by Crippen LogP contribution is 2.38. The molecule has 1 aliphatic rings. The maximum absolute atomic E-state index is 12.8. The molecule has 0 bridgehead atoms. The second kappa shape index (κ2) is 6.97. The van der Waals surface area contributed by atoms with Gasteiger partial charge in [0.05, 0.1) is 16.7 Å². The molecule has 0 aliphatic carbocycles. The number of rotatable bonds is 4. The van der Waals surface area contributed by atoms with Crippen LogP contribution in [0.5, 0.6) is 0 Å². The molecule has 0 atom stereocenters. The summed E-state index contributed by atoms with van der Waals surface area (Å²) in [6.45, 7) is 3.89. The molecule has 0 radical (unpaired) electrons. The number of aromatic nitrogens is 2. The fraction of sp³-hybridized carbons (Fsp3) is 0.471. The molecule has 1 fully saturated rings. The Balaban J connectivity index is 1.77. The molecular formula is C17H19F3N4O2. The van der Waals surface area contributed by atoms with Crippen LogP contribution < -0.4 is 4.90 Å². The number of halogens is 3. The molecule has 1 aromatic heterocycles. The number of hydrogen-bond donors (Lipinski definition) is 0. The third kappa shape index (κ3) is 3.66. The smallest absolute Gasteiger partial charge is 0.366 e. The van der Waals surface area contributed by atoms with Gasteiger partial charge < -0.3 is 4.90 Å². The zero-order valence-corrected chi connectivity index (χ0v) is 14.2. The lowest BCUT2D eigenvalue weighted by molar-refractivity contribution is -0.384. The van der Waals surface area contributed by atoms with Crippen LogP contribution in [0.1, 0.15) is 36.8 Å².